The highest BCUT2D eigenvalue weighted by atomic mass is 16.3. The topological polar surface area (TPSA) is 84.2 Å². The number of aliphatic hydroxyl groups excluding tert-OH is 1. The van der Waals surface area contributed by atoms with Gasteiger partial charge >= 0.3 is 5.69 Å². The molecule has 6 heteroatoms. The maximum atomic E-state index is 11.6. The minimum atomic E-state index is -0.439. The molecule has 1 heterocycles. The number of amides is 1. The summed E-state index contributed by atoms with van der Waals surface area (Å²) in [6, 6.07) is 1.60. The van der Waals surface area contributed by atoms with Crippen LogP contribution in [0.15, 0.2) is 23.3 Å². The van der Waals surface area contributed by atoms with Crippen LogP contribution in [0.4, 0.5) is 0 Å². The van der Waals surface area contributed by atoms with Gasteiger partial charge in [0, 0.05) is 24.4 Å². The van der Waals surface area contributed by atoms with Crippen molar-refractivity contribution in [3.8, 4) is 0 Å². The summed E-state index contributed by atoms with van der Waals surface area (Å²) in [7, 11) is 0. The Morgan fingerprint density at radius 2 is 2.35 bits per heavy atom. The van der Waals surface area contributed by atoms with Gasteiger partial charge in [-0.2, -0.15) is 0 Å². The number of aromatic nitrogens is 2. The molecule has 0 saturated heterocycles. The van der Waals surface area contributed by atoms with Crippen molar-refractivity contribution >= 4 is 5.91 Å². The van der Waals surface area contributed by atoms with E-state index in [1.807, 2.05) is 0 Å². The first-order valence-electron chi connectivity index (χ1n) is 5.54. The van der Waals surface area contributed by atoms with E-state index in [0.717, 1.165) is 12.8 Å². The third-order valence-electron chi connectivity index (χ3n) is 3.05. The number of carbonyl (C=O) groups excluding carboxylic acids is 1. The highest BCUT2D eigenvalue weighted by molar-refractivity contribution is 5.75. The van der Waals surface area contributed by atoms with E-state index in [4.69, 9.17) is 5.11 Å². The van der Waals surface area contributed by atoms with Gasteiger partial charge in [-0.1, -0.05) is 0 Å². The van der Waals surface area contributed by atoms with Crippen molar-refractivity contribution in [2.24, 2.45) is 5.41 Å². The molecule has 1 saturated carbocycles. The number of nitrogens with zero attached hydrogens (tertiary/aromatic N) is 2. The first-order valence-corrected chi connectivity index (χ1v) is 5.54. The van der Waals surface area contributed by atoms with Crippen molar-refractivity contribution in [3.63, 3.8) is 0 Å². The fourth-order valence-corrected chi connectivity index (χ4v) is 1.57. The monoisotopic (exact) mass is 237 g/mol. The predicted octanol–water partition coefficient (Wildman–Crippen LogP) is -0.868. The van der Waals surface area contributed by atoms with Gasteiger partial charge in [-0.3, -0.25) is 9.36 Å². The summed E-state index contributed by atoms with van der Waals surface area (Å²) in [4.78, 5) is 26.4. The second-order valence-electron chi connectivity index (χ2n) is 4.47. The zero-order valence-corrected chi connectivity index (χ0v) is 9.43. The molecule has 0 radical (unpaired) electrons. The predicted molar refractivity (Wildman–Crippen MR) is 60.3 cm³/mol. The summed E-state index contributed by atoms with van der Waals surface area (Å²) in [5.41, 5.74) is -0.554. The summed E-state index contributed by atoms with van der Waals surface area (Å²) in [5, 5.41) is 11.8. The van der Waals surface area contributed by atoms with E-state index < -0.39 is 5.69 Å². The third kappa shape index (κ3) is 2.91. The lowest BCUT2D eigenvalue weighted by Crippen LogP contribution is -2.36. The van der Waals surface area contributed by atoms with E-state index in [1.54, 1.807) is 6.07 Å². The number of aliphatic hydroxyl groups is 1. The van der Waals surface area contributed by atoms with E-state index >= 15 is 0 Å². The molecule has 0 unspecified atom stereocenters. The Kier molecular flexibility index (Phi) is 3.23. The van der Waals surface area contributed by atoms with Crippen LogP contribution in [0.25, 0.3) is 0 Å². The Balaban J connectivity index is 1.86. The van der Waals surface area contributed by atoms with Gasteiger partial charge in [0.25, 0.3) is 0 Å². The first kappa shape index (κ1) is 11.8. The number of carbonyl (C=O) groups is 1. The Bertz CT molecular complexity index is 465. The van der Waals surface area contributed by atoms with Crippen LogP contribution in [0.3, 0.4) is 0 Å². The second-order valence-corrected chi connectivity index (χ2v) is 4.47. The molecule has 1 fully saturated rings. The van der Waals surface area contributed by atoms with Crippen LogP contribution in [-0.4, -0.2) is 33.7 Å². The van der Waals surface area contributed by atoms with Crippen LogP contribution in [0.5, 0.6) is 0 Å². The highest BCUT2D eigenvalue weighted by Gasteiger charge is 2.41. The molecule has 2 N–H and O–H groups in total. The Morgan fingerprint density at radius 3 is 2.94 bits per heavy atom. The fraction of sp³-hybridized carbons (Fsp3) is 0.545. The first-order chi connectivity index (χ1) is 8.15. The Hall–Kier alpha value is -1.69. The van der Waals surface area contributed by atoms with Crippen LogP contribution >= 0.6 is 0 Å². The third-order valence-corrected chi connectivity index (χ3v) is 3.05. The smallest absolute Gasteiger partial charge is 0.347 e. The highest BCUT2D eigenvalue weighted by Crippen LogP contribution is 2.44. The lowest BCUT2D eigenvalue weighted by Gasteiger charge is -2.12. The Labute approximate surface area is 98.3 Å². The SMILES string of the molecule is O=C(Cn1cccnc1=O)NCC1(CO)CC1. The van der Waals surface area contributed by atoms with Gasteiger partial charge in [-0.15, -0.1) is 0 Å². The van der Waals surface area contributed by atoms with Crippen molar-refractivity contribution < 1.29 is 9.90 Å². The average Bonchev–Trinajstić information content (AvgIpc) is 3.10. The Morgan fingerprint density at radius 1 is 1.59 bits per heavy atom. The maximum absolute atomic E-state index is 11.6. The van der Waals surface area contributed by atoms with Crippen LogP contribution in [0, 0.1) is 5.41 Å². The van der Waals surface area contributed by atoms with Gasteiger partial charge in [0.05, 0.1) is 6.61 Å². The van der Waals surface area contributed by atoms with Gasteiger partial charge in [0.1, 0.15) is 6.54 Å². The molecule has 0 atom stereocenters. The van der Waals surface area contributed by atoms with Crippen molar-refractivity contribution in [1.82, 2.24) is 14.9 Å². The molecular formula is C11H15N3O3. The lowest BCUT2D eigenvalue weighted by molar-refractivity contribution is -0.122. The summed E-state index contributed by atoms with van der Waals surface area (Å²) in [6.07, 6.45) is 4.79. The van der Waals surface area contributed by atoms with Gasteiger partial charge < -0.3 is 10.4 Å². The van der Waals surface area contributed by atoms with E-state index in [-0.39, 0.29) is 24.5 Å². The van der Waals surface area contributed by atoms with Crippen molar-refractivity contribution in [2.45, 2.75) is 19.4 Å². The summed E-state index contributed by atoms with van der Waals surface area (Å²) < 4.78 is 1.24. The molecule has 1 aliphatic rings. The molecule has 2 rings (SSSR count). The van der Waals surface area contributed by atoms with E-state index in [1.165, 1.54) is 17.0 Å². The summed E-state index contributed by atoms with van der Waals surface area (Å²) >= 11 is 0. The fourth-order valence-electron chi connectivity index (χ4n) is 1.57. The molecule has 1 aromatic heterocycles. The standard InChI is InChI=1S/C11H15N3O3/c15-8-11(2-3-11)7-13-9(16)6-14-5-1-4-12-10(14)17/h1,4-5,15H,2-3,6-8H2,(H,13,16). The van der Waals surface area contributed by atoms with Crippen LogP contribution in [0.2, 0.25) is 0 Å². The van der Waals surface area contributed by atoms with E-state index in [2.05, 4.69) is 10.3 Å². The van der Waals surface area contributed by atoms with Gasteiger partial charge in [-0.05, 0) is 18.9 Å². The number of nitrogens with one attached hydrogen (secondary N) is 1. The molecule has 0 spiro atoms. The number of hydrogen-bond donors (Lipinski definition) is 2. The van der Waals surface area contributed by atoms with E-state index in [9.17, 15) is 9.59 Å². The lowest BCUT2D eigenvalue weighted by atomic mass is 10.1. The van der Waals surface area contributed by atoms with Crippen molar-refractivity contribution in [2.75, 3.05) is 13.2 Å². The summed E-state index contributed by atoms with van der Waals surface area (Å²) in [5.74, 6) is -0.236. The largest absolute Gasteiger partial charge is 0.396 e. The van der Waals surface area contributed by atoms with Crippen molar-refractivity contribution in [3.05, 3.63) is 28.9 Å². The average molecular weight is 237 g/mol. The molecule has 92 valence electrons. The zero-order valence-electron chi connectivity index (χ0n) is 9.43. The minimum absolute atomic E-state index is 0.0335. The molecule has 0 aliphatic heterocycles. The molecule has 0 aromatic carbocycles. The second kappa shape index (κ2) is 4.67. The number of hydrogen-bond acceptors (Lipinski definition) is 4. The molecular weight excluding hydrogens is 222 g/mol. The summed E-state index contributed by atoms with van der Waals surface area (Å²) in [6.45, 7) is 0.533. The molecule has 1 aliphatic carbocycles. The molecule has 1 aromatic rings. The van der Waals surface area contributed by atoms with Gasteiger partial charge in [0.15, 0.2) is 0 Å². The van der Waals surface area contributed by atoms with Crippen molar-refractivity contribution in [1.29, 1.82) is 0 Å². The molecule has 1 amide bonds. The van der Waals surface area contributed by atoms with Crippen LogP contribution in [0.1, 0.15) is 12.8 Å². The van der Waals surface area contributed by atoms with Crippen LogP contribution in [-0.2, 0) is 11.3 Å². The maximum Gasteiger partial charge on any atom is 0.347 e. The van der Waals surface area contributed by atoms with Gasteiger partial charge in [-0.25, -0.2) is 9.78 Å². The molecule has 0 bridgehead atoms. The van der Waals surface area contributed by atoms with E-state index in [0.29, 0.717) is 6.54 Å². The molecule has 6 nitrogen and oxygen atoms in total. The number of rotatable bonds is 5. The van der Waals surface area contributed by atoms with Gasteiger partial charge in [0.2, 0.25) is 5.91 Å². The zero-order chi connectivity index (χ0) is 12.3. The minimum Gasteiger partial charge on any atom is -0.396 e. The van der Waals surface area contributed by atoms with Crippen LogP contribution < -0.4 is 11.0 Å². The quantitative estimate of drug-likeness (QED) is 0.697. The molecule has 17 heavy (non-hydrogen) atoms. The normalized spacial score (nSPS) is 16.5.